The van der Waals surface area contributed by atoms with E-state index in [0.717, 1.165) is 17.9 Å². The zero-order chi connectivity index (χ0) is 13.3. The molecule has 0 radical (unpaired) electrons. The molecule has 0 aromatic carbocycles. The lowest BCUT2D eigenvalue weighted by molar-refractivity contribution is 0.329. The molecule has 0 atom stereocenters. The molecule has 0 unspecified atom stereocenters. The molecule has 0 saturated heterocycles. The summed E-state index contributed by atoms with van der Waals surface area (Å²) in [4.78, 5) is 2.18. The van der Waals surface area contributed by atoms with Gasteiger partial charge in [0, 0.05) is 19.1 Å². The molecule has 2 rings (SSSR count). The Balaban J connectivity index is 1.90. The van der Waals surface area contributed by atoms with Crippen LogP contribution in [0.2, 0.25) is 5.02 Å². The number of thiophene rings is 1. The van der Waals surface area contributed by atoms with Crippen molar-refractivity contribution in [2.75, 3.05) is 20.1 Å². The number of hydrogen-bond acceptors (Lipinski definition) is 4. The van der Waals surface area contributed by atoms with Crippen molar-refractivity contribution in [1.82, 2.24) is 9.62 Å². The Morgan fingerprint density at radius 2 is 2.28 bits per heavy atom. The van der Waals surface area contributed by atoms with E-state index >= 15 is 0 Å². The van der Waals surface area contributed by atoms with Gasteiger partial charge in [-0.15, -0.1) is 11.3 Å². The van der Waals surface area contributed by atoms with Gasteiger partial charge in [0.25, 0.3) is 0 Å². The Hall–Kier alpha value is 0.340. The van der Waals surface area contributed by atoms with Crippen LogP contribution in [-0.2, 0) is 10.0 Å². The molecule has 4 nitrogen and oxygen atoms in total. The van der Waals surface area contributed by atoms with Crippen molar-refractivity contribution in [2.45, 2.75) is 23.1 Å². The van der Waals surface area contributed by atoms with Crippen molar-refractivity contribution in [2.24, 2.45) is 0 Å². The fourth-order valence-corrected chi connectivity index (χ4v) is 5.05. The molecule has 0 bridgehead atoms. The van der Waals surface area contributed by atoms with Gasteiger partial charge in [-0.25, -0.2) is 13.1 Å². The van der Waals surface area contributed by atoms with Crippen LogP contribution in [-0.4, -0.2) is 39.5 Å². The predicted molar refractivity (Wildman–Crippen MR) is 77.9 cm³/mol. The van der Waals surface area contributed by atoms with Gasteiger partial charge >= 0.3 is 0 Å². The van der Waals surface area contributed by atoms with Gasteiger partial charge in [-0.3, -0.25) is 0 Å². The summed E-state index contributed by atoms with van der Waals surface area (Å²) >= 11 is 10.2. The van der Waals surface area contributed by atoms with Crippen LogP contribution in [0.4, 0.5) is 0 Å². The Bertz CT molecular complexity index is 508. The molecule has 0 spiro atoms. The van der Waals surface area contributed by atoms with E-state index in [-0.39, 0.29) is 4.21 Å². The van der Waals surface area contributed by atoms with E-state index in [1.54, 1.807) is 0 Å². The van der Waals surface area contributed by atoms with Crippen molar-refractivity contribution in [3.8, 4) is 0 Å². The van der Waals surface area contributed by atoms with E-state index in [4.69, 9.17) is 11.6 Å². The minimum atomic E-state index is -3.44. The summed E-state index contributed by atoms with van der Waals surface area (Å²) in [5, 5.41) is 0.426. The lowest BCUT2D eigenvalue weighted by Crippen LogP contribution is -2.33. The summed E-state index contributed by atoms with van der Waals surface area (Å²) < 4.78 is 27.4. The van der Waals surface area contributed by atoms with Gasteiger partial charge in [0.1, 0.15) is 4.21 Å². The van der Waals surface area contributed by atoms with Gasteiger partial charge in [0.05, 0.1) is 8.81 Å². The van der Waals surface area contributed by atoms with Crippen molar-refractivity contribution < 1.29 is 8.42 Å². The van der Waals surface area contributed by atoms with Crippen LogP contribution in [0.3, 0.4) is 0 Å². The fraction of sp³-hybridized carbons (Fsp3) is 0.600. The maximum absolute atomic E-state index is 12.0. The number of likely N-dealkylation sites (N-methyl/N-ethyl adjacent to an activating group) is 1. The van der Waals surface area contributed by atoms with Crippen LogP contribution in [0.1, 0.15) is 12.8 Å². The van der Waals surface area contributed by atoms with Crippen LogP contribution >= 0.6 is 38.9 Å². The monoisotopic (exact) mass is 372 g/mol. The first-order chi connectivity index (χ1) is 8.40. The lowest BCUT2D eigenvalue weighted by atomic mass is 10.5. The van der Waals surface area contributed by atoms with Gasteiger partial charge in [-0.1, -0.05) is 11.6 Å². The topological polar surface area (TPSA) is 49.4 Å². The van der Waals surface area contributed by atoms with Crippen molar-refractivity contribution in [3.05, 3.63) is 14.9 Å². The lowest BCUT2D eigenvalue weighted by Gasteiger charge is -2.15. The first-order valence-corrected chi connectivity index (χ1v) is 9.02. The standard InChI is InChI=1S/C10H14BrClN2O2S2/c1-14(7-2-3-7)5-4-13-18(15,16)9-6-8(12)10(11)17-9/h6-7,13H,2-5H2,1H3. The molecule has 1 heterocycles. The quantitative estimate of drug-likeness (QED) is 0.833. The van der Waals surface area contributed by atoms with Gasteiger partial charge in [-0.05, 0) is 41.9 Å². The average Bonchev–Trinajstić information content (AvgIpc) is 3.06. The van der Waals surface area contributed by atoms with E-state index < -0.39 is 10.0 Å². The smallest absolute Gasteiger partial charge is 0.250 e. The third-order valence-electron chi connectivity index (χ3n) is 2.81. The Labute approximate surface area is 124 Å². The van der Waals surface area contributed by atoms with E-state index in [2.05, 4.69) is 25.6 Å². The molecule has 1 N–H and O–H groups in total. The number of hydrogen-bond donors (Lipinski definition) is 1. The van der Waals surface area contributed by atoms with Crippen molar-refractivity contribution in [1.29, 1.82) is 0 Å². The molecule has 0 aliphatic heterocycles. The second-order valence-corrected chi connectivity index (χ2v) is 9.07. The number of nitrogens with zero attached hydrogens (tertiary/aromatic N) is 1. The zero-order valence-corrected chi connectivity index (χ0v) is 13.8. The molecule has 0 amide bonds. The molecule has 1 aliphatic rings. The molecule has 18 heavy (non-hydrogen) atoms. The van der Waals surface area contributed by atoms with Crippen LogP contribution < -0.4 is 4.72 Å². The molecule has 1 aromatic heterocycles. The highest BCUT2D eigenvalue weighted by Crippen LogP contribution is 2.34. The first kappa shape index (κ1) is 14.7. The van der Waals surface area contributed by atoms with E-state index in [1.165, 1.54) is 18.9 Å². The number of sulfonamides is 1. The highest BCUT2D eigenvalue weighted by atomic mass is 79.9. The number of halogens is 2. The maximum Gasteiger partial charge on any atom is 0.250 e. The molecular formula is C10H14BrClN2O2S2. The number of nitrogens with one attached hydrogen (secondary N) is 1. The molecular weight excluding hydrogens is 360 g/mol. The van der Waals surface area contributed by atoms with Crippen molar-refractivity contribution in [3.63, 3.8) is 0 Å². The summed E-state index contributed by atoms with van der Waals surface area (Å²) in [6.07, 6.45) is 2.44. The summed E-state index contributed by atoms with van der Waals surface area (Å²) in [5.74, 6) is 0. The summed E-state index contributed by atoms with van der Waals surface area (Å²) in [5.41, 5.74) is 0. The summed E-state index contributed by atoms with van der Waals surface area (Å²) in [6.45, 7) is 1.15. The Kier molecular flexibility index (Phi) is 4.72. The Morgan fingerprint density at radius 3 is 2.78 bits per heavy atom. The molecule has 1 saturated carbocycles. The molecule has 1 aromatic rings. The Morgan fingerprint density at radius 1 is 1.61 bits per heavy atom. The second-order valence-electron chi connectivity index (χ2n) is 4.30. The number of rotatable bonds is 6. The van der Waals surface area contributed by atoms with E-state index in [1.807, 2.05) is 7.05 Å². The summed E-state index contributed by atoms with van der Waals surface area (Å²) in [7, 11) is -1.42. The highest BCUT2D eigenvalue weighted by molar-refractivity contribution is 9.11. The second kappa shape index (κ2) is 5.76. The first-order valence-electron chi connectivity index (χ1n) is 5.55. The van der Waals surface area contributed by atoms with Crippen molar-refractivity contribution >= 4 is 48.9 Å². The normalized spacial score (nSPS) is 16.4. The van der Waals surface area contributed by atoms with Gasteiger partial charge < -0.3 is 4.90 Å². The minimum Gasteiger partial charge on any atom is -0.302 e. The third-order valence-corrected chi connectivity index (χ3v) is 7.22. The van der Waals surface area contributed by atoms with E-state index in [0.29, 0.717) is 21.4 Å². The van der Waals surface area contributed by atoms with Gasteiger partial charge in [0.2, 0.25) is 10.0 Å². The third kappa shape index (κ3) is 3.68. The van der Waals surface area contributed by atoms with Crippen LogP contribution in [0.25, 0.3) is 0 Å². The SMILES string of the molecule is CN(CCNS(=O)(=O)c1cc(Cl)c(Br)s1)C1CC1. The highest BCUT2D eigenvalue weighted by Gasteiger charge is 2.26. The predicted octanol–water partition coefficient (Wildman–Crippen LogP) is 2.54. The largest absolute Gasteiger partial charge is 0.302 e. The van der Waals surface area contributed by atoms with Crippen LogP contribution in [0.5, 0.6) is 0 Å². The van der Waals surface area contributed by atoms with Crippen LogP contribution in [0, 0.1) is 0 Å². The average molecular weight is 374 g/mol. The molecule has 1 aliphatic carbocycles. The maximum atomic E-state index is 12.0. The summed E-state index contributed by atoms with van der Waals surface area (Å²) in [6, 6.07) is 2.10. The van der Waals surface area contributed by atoms with E-state index in [9.17, 15) is 8.42 Å². The molecule has 1 fully saturated rings. The zero-order valence-electron chi connectivity index (χ0n) is 9.82. The molecule has 102 valence electrons. The molecule has 8 heteroatoms. The van der Waals surface area contributed by atoms with Gasteiger partial charge in [-0.2, -0.15) is 0 Å². The fourth-order valence-electron chi connectivity index (χ4n) is 1.58. The van der Waals surface area contributed by atoms with Crippen LogP contribution in [0.15, 0.2) is 14.1 Å². The minimum absolute atomic E-state index is 0.244. The van der Waals surface area contributed by atoms with Gasteiger partial charge in [0.15, 0.2) is 0 Å².